The van der Waals surface area contributed by atoms with E-state index in [1.54, 1.807) is 0 Å². The third kappa shape index (κ3) is 7.08. The molecule has 3 N–H and O–H groups in total. The number of hydrogen-bond acceptors (Lipinski definition) is 3. The summed E-state index contributed by atoms with van der Waals surface area (Å²) in [5.74, 6) is -0.152. The SMILES string of the molecule is CCN(CCc1ccc(Cl)cc1)CCC(N)C(=O)Nc1ccc(Br)cc1. The molecular formula is C20H25BrClN3O. The summed E-state index contributed by atoms with van der Waals surface area (Å²) >= 11 is 9.29. The van der Waals surface area contributed by atoms with E-state index < -0.39 is 6.04 Å². The van der Waals surface area contributed by atoms with Crippen molar-refractivity contribution in [2.75, 3.05) is 25.0 Å². The highest BCUT2D eigenvalue weighted by Gasteiger charge is 2.15. The molecule has 1 atom stereocenters. The van der Waals surface area contributed by atoms with E-state index in [2.05, 4.69) is 33.1 Å². The number of rotatable bonds is 9. The Morgan fingerprint density at radius 3 is 2.42 bits per heavy atom. The molecule has 0 radical (unpaired) electrons. The van der Waals surface area contributed by atoms with Gasteiger partial charge in [0, 0.05) is 28.3 Å². The van der Waals surface area contributed by atoms with E-state index >= 15 is 0 Å². The molecule has 0 aromatic heterocycles. The van der Waals surface area contributed by atoms with Crippen LogP contribution in [-0.4, -0.2) is 36.5 Å². The number of likely N-dealkylation sites (N-methyl/N-ethyl adjacent to an activating group) is 1. The van der Waals surface area contributed by atoms with Gasteiger partial charge in [-0.15, -0.1) is 0 Å². The van der Waals surface area contributed by atoms with Crippen LogP contribution in [0.3, 0.4) is 0 Å². The lowest BCUT2D eigenvalue weighted by Crippen LogP contribution is -2.39. The number of hydrogen-bond donors (Lipinski definition) is 2. The number of nitrogens with two attached hydrogens (primary N) is 1. The van der Waals surface area contributed by atoms with Crippen molar-refractivity contribution >= 4 is 39.1 Å². The van der Waals surface area contributed by atoms with Gasteiger partial charge in [0.25, 0.3) is 0 Å². The van der Waals surface area contributed by atoms with Crippen LogP contribution in [0.5, 0.6) is 0 Å². The zero-order valence-electron chi connectivity index (χ0n) is 14.9. The third-order valence-corrected chi connectivity index (χ3v) is 5.06. The maximum atomic E-state index is 12.2. The molecule has 0 saturated heterocycles. The summed E-state index contributed by atoms with van der Waals surface area (Å²) in [6.07, 6.45) is 1.57. The molecule has 4 nitrogen and oxygen atoms in total. The summed E-state index contributed by atoms with van der Waals surface area (Å²) in [5, 5.41) is 3.61. The topological polar surface area (TPSA) is 58.4 Å². The predicted octanol–water partition coefficient (Wildman–Crippen LogP) is 4.32. The van der Waals surface area contributed by atoms with E-state index in [1.807, 2.05) is 48.5 Å². The number of amides is 1. The average molecular weight is 439 g/mol. The highest BCUT2D eigenvalue weighted by Crippen LogP contribution is 2.14. The summed E-state index contributed by atoms with van der Waals surface area (Å²) in [6, 6.07) is 14.9. The average Bonchev–Trinajstić information content (AvgIpc) is 2.64. The molecule has 0 heterocycles. The maximum absolute atomic E-state index is 12.2. The highest BCUT2D eigenvalue weighted by atomic mass is 79.9. The summed E-state index contributed by atoms with van der Waals surface area (Å²) in [6.45, 7) is 4.77. The van der Waals surface area contributed by atoms with Crippen molar-refractivity contribution in [3.8, 4) is 0 Å². The molecule has 2 rings (SSSR count). The molecule has 0 aliphatic heterocycles. The van der Waals surface area contributed by atoms with Gasteiger partial charge in [0.05, 0.1) is 6.04 Å². The number of halogens is 2. The fourth-order valence-electron chi connectivity index (χ4n) is 2.59. The Bertz CT molecular complexity index is 691. The molecule has 2 aromatic rings. The molecule has 1 unspecified atom stereocenters. The van der Waals surface area contributed by atoms with E-state index in [1.165, 1.54) is 5.56 Å². The molecule has 0 fully saturated rings. The van der Waals surface area contributed by atoms with Crippen LogP contribution in [-0.2, 0) is 11.2 Å². The van der Waals surface area contributed by atoms with Crippen molar-refractivity contribution in [3.05, 3.63) is 63.6 Å². The largest absolute Gasteiger partial charge is 0.325 e. The monoisotopic (exact) mass is 437 g/mol. The number of anilines is 1. The van der Waals surface area contributed by atoms with Crippen LogP contribution in [0.25, 0.3) is 0 Å². The van der Waals surface area contributed by atoms with Crippen LogP contribution in [0.1, 0.15) is 18.9 Å². The van der Waals surface area contributed by atoms with Gasteiger partial charge in [-0.3, -0.25) is 4.79 Å². The lowest BCUT2D eigenvalue weighted by Gasteiger charge is -2.22. The van der Waals surface area contributed by atoms with E-state index in [0.29, 0.717) is 6.42 Å². The molecule has 6 heteroatoms. The number of nitrogens with one attached hydrogen (secondary N) is 1. The van der Waals surface area contributed by atoms with E-state index in [9.17, 15) is 4.79 Å². The Kier molecular flexibility index (Phi) is 8.59. The van der Waals surface area contributed by atoms with Gasteiger partial charge in [0.2, 0.25) is 5.91 Å². The van der Waals surface area contributed by atoms with Crippen LogP contribution < -0.4 is 11.1 Å². The van der Waals surface area contributed by atoms with Crippen LogP contribution in [0.4, 0.5) is 5.69 Å². The molecular weight excluding hydrogens is 414 g/mol. The first-order valence-corrected chi connectivity index (χ1v) is 9.94. The van der Waals surface area contributed by atoms with Crippen LogP contribution in [0.2, 0.25) is 5.02 Å². The van der Waals surface area contributed by atoms with Crippen molar-refractivity contribution in [2.45, 2.75) is 25.8 Å². The lowest BCUT2D eigenvalue weighted by molar-refractivity contribution is -0.117. The second-order valence-corrected chi connectivity index (χ2v) is 7.55. The molecule has 0 aliphatic rings. The second-order valence-electron chi connectivity index (χ2n) is 6.20. The normalized spacial score (nSPS) is 12.2. The van der Waals surface area contributed by atoms with E-state index in [0.717, 1.165) is 41.2 Å². The molecule has 140 valence electrons. The van der Waals surface area contributed by atoms with Gasteiger partial charge in [0.1, 0.15) is 0 Å². The molecule has 0 saturated carbocycles. The first kappa shape index (κ1) is 20.9. The van der Waals surface area contributed by atoms with Gasteiger partial charge in [-0.25, -0.2) is 0 Å². The Morgan fingerprint density at radius 2 is 1.81 bits per heavy atom. The molecule has 2 aromatic carbocycles. The quantitative estimate of drug-likeness (QED) is 0.613. The highest BCUT2D eigenvalue weighted by molar-refractivity contribution is 9.10. The van der Waals surface area contributed by atoms with Gasteiger partial charge in [-0.05, 0) is 61.3 Å². The Morgan fingerprint density at radius 1 is 1.15 bits per heavy atom. The van der Waals surface area contributed by atoms with Gasteiger partial charge in [0.15, 0.2) is 0 Å². The van der Waals surface area contributed by atoms with Crippen LogP contribution in [0.15, 0.2) is 53.0 Å². The van der Waals surface area contributed by atoms with Crippen molar-refractivity contribution in [1.82, 2.24) is 4.90 Å². The Labute approximate surface area is 168 Å². The minimum atomic E-state index is -0.525. The van der Waals surface area contributed by atoms with Gasteiger partial charge in [-0.1, -0.05) is 46.6 Å². The number of carbonyl (C=O) groups is 1. The van der Waals surface area contributed by atoms with Crippen molar-refractivity contribution in [1.29, 1.82) is 0 Å². The summed E-state index contributed by atoms with van der Waals surface area (Å²) in [5.41, 5.74) is 8.07. The predicted molar refractivity (Wildman–Crippen MR) is 113 cm³/mol. The Balaban J connectivity index is 1.76. The first-order valence-electron chi connectivity index (χ1n) is 8.76. The van der Waals surface area contributed by atoms with E-state index in [-0.39, 0.29) is 5.91 Å². The van der Waals surface area contributed by atoms with Crippen molar-refractivity contribution in [3.63, 3.8) is 0 Å². The minimum absolute atomic E-state index is 0.152. The number of benzene rings is 2. The summed E-state index contributed by atoms with van der Waals surface area (Å²) in [4.78, 5) is 14.5. The van der Waals surface area contributed by atoms with Crippen molar-refractivity contribution < 1.29 is 4.79 Å². The lowest BCUT2D eigenvalue weighted by atomic mass is 10.1. The van der Waals surface area contributed by atoms with Gasteiger partial charge >= 0.3 is 0 Å². The van der Waals surface area contributed by atoms with Crippen molar-refractivity contribution in [2.24, 2.45) is 5.73 Å². The standard InChI is InChI=1S/C20H25BrClN3O/c1-2-25(13-11-15-3-7-17(22)8-4-15)14-12-19(23)20(26)24-18-9-5-16(21)6-10-18/h3-10,19H,2,11-14,23H2,1H3,(H,24,26). The summed E-state index contributed by atoms with van der Waals surface area (Å²) in [7, 11) is 0. The number of nitrogens with zero attached hydrogens (tertiary/aromatic N) is 1. The summed E-state index contributed by atoms with van der Waals surface area (Å²) < 4.78 is 0.971. The number of carbonyl (C=O) groups excluding carboxylic acids is 1. The molecule has 0 aliphatic carbocycles. The smallest absolute Gasteiger partial charge is 0.241 e. The first-order chi connectivity index (χ1) is 12.5. The fourth-order valence-corrected chi connectivity index (χ4v) is 2.98. The van der Waals surface area contributed by atoms with Crippen LogP contribution >= 0.6 is 27.5 Å². The zero-order chi connectivity index (χ0) is 18.9. The fraction of sp³-hybridized carbons (Fsp3) is 0.350. The van der Waals surface area contributed by atoms with E-state index in [4.69, 9.17) is 17.3 Å². The molecule has 26 heavy (non-hydrogen) atoms. The molecule has 1 amide bonds. The van der Waals surface area contributed by atoms with Crippen LogP contribution in [0, 0.1) is 0 Å². The third-order valence-electron chi connectivity index (χ3n) is 4.28. The zero-order valence-corrected chi connectivity index (χ0v) is 17.3. The maximum Gasteiger partial charge on any atom is 0.241 e. The molecule has 0 spiro atoms. The minimum Gasteiger partial charge on any atom is -0.325 e. The van der Waals surface area contributed by atoms with Gasteiger partial charge in [-0.2, -0.15) is 0 Å². The van der Waals surface area contributed by atoms with Gasteiger partial charge < -0.3 is 16.0 Å². The Hall–Kier alpha value is -1.40. The second kappa shape index (κ2) is 10.7. The molecule has 0 bridgehead atoms.